The Balaban J connectivity index is 2.35. The van der Waals surface area contributed by atoms with Gasteiger partial charge >= 0.3 is 0 Å². The van der Waals surface area contributed by atoms with Crippen molar-refractivity contribution in [3.63, 3.8) is 0 Å². The molecule has 0 aliphatic carbocycles. The molecule has 0 saturated heterocycles. The number of halogens is 1. The molecular weight excluding hydrogens is 286 g/mol. The van der Waals surface area contributed by atoms with E-state index in [1.54, 1.807) is 12.1 Å². The molecule has 0 fully saturated rings. The number of anilines is 2. The second-order valence-corrected chi connectivity index (χ2v) is 5.38. The highest BCUT2D eigenvalue weighted by atomic mass is 35.5. The first-order valence-electron chi connectivity index (χ1n) is 6.58. The largest absolute Gasteiger partial charge is 0.396 e. The SMILES string of the molecule is CC(c1ccc(Cl)cc1)N(C)c1cccc(C(N)=O)c1N. The summed E-state index contributed by atoms with van der Waals surface area (Å²) in [5.74, 6) is -0.526. The highest BCUT2D eigenvalue weighted by Gasteiger charge is 2.17. The van der Waals surface area contributed by atoms with E-state index in [1.165, 1.54) is 0 Å². The summed E-state index contributed by atoms with van der Waals surface area (Å²) >= 11 is 5.91. The number of hydrogen-bond donors (Lipinski definition) is 2. The summed E-state index contributed by atoms with van der Waals surface area (Å²) < 4.78 is 0. The average Bonchev–Trinajstić information content (AvgIpc) is 2.46. The minimum atomic E-state index is -0.526. The van der Waals surface area contributed by atoms with Gasteiger partial charge in [-0.3, -0.25) is 4.79 Å². The molecule has 0 bridgehead atoms. The Hall–Kier alpha value is -2.20. The molecule has 4 nitrogen and oxygen atoms in total. The quantitative estimate of drug-likeness (QED) is 0.852. The van der Waals surface area contributed by atoms with Gasteiger partial charge in [-0.25, -0.2) is 0 Å². The van der Waals surface area contributed by atoms with Crippen molar-refractivity contribution in [2.45, 2.75) is 13.0 Å². The number of rotatable bonds is 4. The number of amides is 1. The van der Waals surface area contributed by atoms with Crippen molar-refractivity contribution in [3.8, 4) is 0 Å². The number of nitrogen functional groups attached to an aromatic ring is 1. The molecule has 0 aliphatic heterocycles. The maximum Gasteiger partial charge on any atom is 0.250 e. The first-order valence-corrected chi connectivity index (χ1v) is 6.96. The molecule has 0 spiro atoms. The van der Waals surface area contributed by atoms with Gasteiger partial charge in [0.2, 0.25) is 0 Å². The molecule has 1 amide bonds. The van der Waals surface area contributed by atoms with Gasteiger partial charge in [0.05, 0.1) is 23.0 Å². The number of carbonyl (C=O) groups excluding carboxylic acids is 1. The number of benzene rings is 2. The maximum absolute atomic E-state index is 11.4. The lowest BCUT2D eigenvalue weighted by Crippen LogP contribution is -2.24. The molecule has 4 N–H and O–H groups in total. The summed E-state index contributed by atoms with van der Waals surface area (Å²) in [6.45, 7) is 2.06. The fourth-order valence-corrected chi connectivity index (χ4v) is 2.37. The smallest absolute Gasteiger partial charge is 0.250 e. The molecule has 2 aromatic carbocycles. The van der Waals surface area contributed by atoms with Crippen molar-refractivity contribution in [2.75, 3.05) is 17.7 Å². The van der Waals surface area contributed by atoms with Gasteiger partial charge in [-0.2, -0.15) is 0 Å². The third-order valence-corrected chi connectivity index (χ3v) is 3.91. The molecule has 5 heteroatoms. The highest BCUT2D eigenvalue weighted by molar-refractivity contribution is 6.30. The number of primary amides is 1. The predicted molar refractivity (Wildman–Crippen MR) is 87.6 cm³/mol. The molecule has 21 heavy (non-hydrogen) atoms. The molecule has 0 aromatic heterocycles. The number of carbonyl (C=O) groups is 1. The van der Waals surface area contributed by atoms with Crippen LogP contribution in [0.15, 0.2) is 42.5 Å². The number of para-hydroxylation sites is 1. The molecule has 0 radical (unpaired) electrons. The predicted octanol–water partition coefficient (Wildman–Crippen LogP) is 3.22. The van der Waals surface area contributed by atoms with E-state index < -0.39 is 5.91 Å². The molecule has 0 saturated carbocycles. The van der Waals surface area contributed by atoms with Crippen molar-refractivity contribution in [2.24, 2.45) is 5.73 Å². The summed E-state index contributed by atoms with van der Waals surface area (Å²) in [5, 5.41) is 0.698. The van der Waals surface area contributed by atoms with Crippen LogP contribution in [0.2, 0.25) is 5.02 Å². The van der Waals surface area contributed by atoms with Gasteiger partial charge in [-0.15, -0.1) is 0 Å². The van der Waals surface area contributed by atoms with Gasteiger partial charge in [-0.05, 0) is 36.8 Å². The minimum Gasteiger partial charge on any atom is -0.396 e. The molecule has 2 rings (SSSR count). The zero-order valence-corrected chi connectivity index (χ0v) is 12.8. The third-order valence-electron chi connectivity index (χ3n) is 3.66. The Bertz CT molecular complexity index is 655. The monoisotopic (exact) mass is 303 g/mol. The van der Waals surface area contributed by atoms with E-state index in [-0.39, 0.29) is 6.04 Å². The van der Waals surface area contributed by atoms with Gasteiger partial charge in [0, 0.05) is 12.1 Å². The normalized spacial score (nSPS) is 12.0. The van der Waals surface area contributed by atoms with E-state index in [9.17, 15) is 4.79 Å². The summed E-state index contributed by atoms with van der Waals surface area (Å²) in [4.78, 5) is 13.4. The molecule has 2 aromatic rings. The molecule has 1 unspecified atom stereocenters. The number of nitrogens with zero attached hydrogens (tertiary/aromatic N) is 1. The van der Waals surface area contributed by atoms with Crippen LogP contribution in [0.3, 0.4) is 0 Å². The Morgan fingerprint density at radius 1 is 1.19 bits per heavy atom. The molecule has 0 heterocycles. The fraction of sp³-hybridized carbons (Fsp3) is 0.188. The van der Waals surface area contributed by atoms with Crippen LogP contribution in [0, 0.1) is 0 Å². The standard InChI is InChI=1S/C16H18ClN3O/c1-10(11-6-8-12(17)9-7-11)20(2)14-5-3-4-13(15(14)18)16(19)21/h3-10H,18H2,1-2H3,(H2,19,21). The second-order valence-electron chi connectivity index (χ2n) is 4.94. The van der Waals surface area contributed by atoms with Gasteiger partial charge in [0.15, 0.2) is 0 Å². The van der Waals surface area contributed by atoms with Crippen LogP contribution in [0.1, 0.15) is 28.9 Å². The van der Waals surface area contributed by atoms with Crippen LogP contribution in [-0.4, -0.2) is 13.0 Å². The van der Waals surface area contributed by atoms with E-state index >= 15 is 0 Å². The summed E-state index contributed by atoms with van der Waals surface area (Å²) in [7, 11) is 1.93. The van der Waals surface area contributed by atoms with Crippen LogP contribution in [0.25, 0.3) is 0 Å². The van der Waals surface area contributed by atoms with Crippen LogP contribution >= 0.6 is 11.6 Å². The van der Waals surface area contributed by atoms with Crippen LogP contribution in [-0.2, 0) is 0 Å². The first-order chi connectivity index (χ1) is 9.91. The molecular formula is C16H18ClN3O. The van der Waals surface area contributed by atoms with Crippen molar-refractivity contribution in [1.82, 2.24) is 0 Å². The number of hydrogen-bond acceptors (Lipinski definition) is 3. The average molecular weight is 304 g/mol. The van der Waals surface area contributed by atoms with Gasteiger partial charge in [0.25, 0.3) is 5.91 Å². The van der Waals surface area contributed by atoms with Crippen molar-refractivity contribution < 1.29 is 4.79 Å². The lowest BCUT2D eigenvalue weighted by Gasteiger charge is -2.29. The lowest BCUT2D eigenvalue weighted by atomic mass is 10.0. The van der Waals surface area contributed by atoms with Crippen LogP contribution in [0.5, 0.6) is 0 Å². The van der Waals surface area contributed by atoms with Crippen molar-refractivity contribution in [3.05, 3.63) is 58.6 Å². The van der Waals surface area contributed by atoms with Gasteiger partial charge in [-0.1, -0.05) is 29.8 Å². The molecule has 0 aliphatic rings. The topological polar surface area (TPSA) is 72.3 Å². The lowest BCUT2D eigenvalue weighted by molar-refractivity contribution is 0.100. The Labute approximate surface area is 129 Å². The van der Waals surface area contributed by atoms with E-state index in [4.69, 9.17) is 23.1 Å². The zero-order valence-electron chi connectivity index (χ0n) is 12.0. The zero-order chi connectivity index (χ0) is 15.6. The van der Waals surface area contributed by atoms with E-state index in [0.717, 1.165) is 11.3 Å². The summed E-state index contributed by atoms with van der Waals surface area (Å²) in [6, 6.07) is 13.0. The Kier molecular flexibility index (Phi) is 4.38. The van der Waals surface area contributed by atoms with E-state index in [0.29, 0.717) is 16.3 Å². The van der Waals surface area contributed by atoms with Gasteiger partial charge < -0.3 is 16.4 Å². The first kappa shape index (κ1) is 15.2. The molecule has 1 atom stereocenters. The van der Waals surface area contributed by atoms with Crippen molar-refractivity contribution in [1.29, 1.82) is 0 Å². The second kappa shape index (κ2) is 6.06. The minimum absolute atomic E-state index is 0.0766. The maximum atomic E-state index is 11.4. The molecule has 110 valence electrons. The third kappa shape index (κ3) is 3.11. The summed E-state index contributed by atoms with van der Waals surface area (Å²) in [6.07, 6.45) is 0. The van der Waals surface area contributed by atoms with E-state index in [1.807, 2.05) is 42.3 Å². The highest BCUT2D eigenvalue weighted by Crippen LogP contribution is 2.32. The van der Waals surface area contributed by atoms with Crippen LogP contribution in [0.4, 0.5) is 11.4 Å². The van der Waals surface area contributed by atoms with Crippen LogP contribution < -0.4 is 16.4 Å². The Morgan fingerprint density at radius 3 is 2.38 bits per heavy atom. The van der Waals surface area contributed by atoms with E-state index in [2.05, 4.69) is 6.92 Å². The fourth-order valence-electron chi connectivity index (χ4n) is 2.25. The number of nitrogens with two attached hydrogens (primary N) is 2. The Morgan fingerprint density at radius 2 is 1.81 bits per heavy atom. The van der Waals surface area contributed by atoms with Gasteiger partial charge in [0.1, 0.15) is 0 Å². The van der Waals surface area contributed by atoms with Crippen molar-refractivity contribution >= 4 is 28.9 Å². The summed E-state index contributed by atoms with van der Waals surface area (Å²) in [5.41, 5.74) is 14.0.